The molecule has 0 spiro atoms. The van der Waals surface area contributed by atoms with Crippen LogP contribution in [-0.4, -0.2) is 10.8 Å². The van der Waals surface area contributed by atoms with Crippen LogP contribution < -0.4 is 5.32 Å². The Balaban J connectivity index is 2.21. The normalized spacial score (nSPS) is 17.1. The zero-order chi connectivity index (χ0) is 12.3. The highest BCUT2D eigenvalue weighted by atomic mass is 35.5. The second kappa shape index (κ2) is 4.89. The Morgan fingerprint density at radius 1 is 1.12 bits per heavy atom. The molecular formula is C13H11ClN2O. The van der Waals surface area contributed by atoms with Gasteiger partial charge >= 0.3 is 0 Å². The van der Waals surface area contributed by atoms with Gasteiger partial charge in [0.1, 0.15) is 10.9 Å². The van der Waals surface area contributed by atoms with Crippen molar-refractivity contribution in [3.05, 3.63) is 59.3 Å². The fourth-order valence-corrected chi connectivity index (χ4v) is 1.69. The number of benzene rings is 1. The molecule has 0 atom stereocenters. The molecule has 0 aromatic heterocycles. The number of hydrogen-bond acceptors (Lipinski definition) is 3. The van der Waals surface area contributed by atoms with E-state index in [0.717, 1.165) is 5.69 Å². The topological polar surface area (TPSA) is 56.1 Å². The zero-order valence-corrected chi connectivity index (χ0v) is 9.70. The second-order valence-corrected chi connectivity index (χ2v) is 3.91. The first-order valence-electron chi connectivity index (χ1n) is 5.06. The summed E-state index contributed by atoms with van der Waals surface area (Å²) in [5.74, 6) is 0.201. The van der Waals surface area contributed by atoms with E-state index in [1.165, 1.54) is 0 Å². The minimum absolute atomic E-state index is 0.201. The first kappa shape index (κ1) is 11.5. The van der Waals surface area contributed by atoms with Gasteiger partial charge in [0.05, 0.1) is 5.71 Å². The van der Waals surface area contributed by atoms with Crippen LogP contribution in [0.1, 0.15) is 0 Å². The Morgan fingerprint density at radius 3 is 2.41 bits per heavy atom. The Hall–Kier alpha value is -2.00. The molecule has 2 rings (SSSR count). The standard InChI is InChI=1S/C13H11ClN2O/c14-13(11-3-1-2-4-12(11)15)16-9-5-7-10(17)8-6-9/h1-8,15-17H/b13-11-,15-12?. The number of aromatic hydroxyl groups is 1. The van der Waals surface area contributed by atoms with Gasteiger partial charge in [-0.25, -0.2) is 0 Å². The van der Waals surface area contributed by atoms with E-state index in [-0.39, 0.29) is 5.75 Å². The monoisotopic (exact) mass is 246 g/mol. The molecule has 0 radical (unpaired) electrons. The molecule has 0 amide bonds. The summed E-state index contributed by atoms with van der Waals surface area (Å²) in [5.41, 5.74) is 1.77. The number of anilines is 1. The summed E-state index contributed by atoms with van der Waals surface area (Å²) in [6.45, 7) is 0. The lowest BCUT2D eigenvalue weighted by molar-refractivity contribution is 0.475. The summed E-state index contributed by atoms with van der Waals surface area (Å²) in [5, 5.41) is 20.2. The van der Waals surface area contributed by atoms with Crippen LogP contribution in [0.4, 0.5) is 5.69 Å². The Bertz CT molecular complexity index is 527. The van der Waals surface area contributed by atoms with Crippen molar-refractivity contribution >= 4 is 23.0 Å². The highest BCUT2D eigenvalue weighted by Crippen LogP contribution is 2.21. The molecule has 0 heterocycles. The van der Waals surface area contributed by atoms with Gasteiger partial charge in [-0.2, -0.15) is 0 Å². The third-order valence-electron chi connectivity index (χ3n) is 2.28. The molecule has 0 unspecified atom stereocenters. The number of rotatable bonds is 2. The van der Waals surface area contributed by atoms with Crippen molar-refractivity contribution in [1.82, 2.24) is 0 Å². The molecule has 0 aliphatic heterocycles. The van der Waals surface area contributed by atoms with Crippen LogP contribution >= 0.6 is 11.6 Å². The maximum atomic E-state index is 9.15. The molecule has 1 aliphatic rings. The summed E-state index contributed by atoms with van der Waals surface area (Å²) >= 11 is 6.11. The fraction of sp³-hybridized carbons (Fsp3) is 0. The predicted octanol–water partition coefficient (Wildman–Crippen LogP) is 3.40. The van der Waals surface area contributed by atoms with Crippen molar-refractivity contribution in [3.8, 4) is 5.75 Å². The van der Waals surface area contributed by atoms with Crippen molar-refractivity contribution in [1.29, 1.82) is 5.41 Å². The van der Waals surface area contributed by atoms with Gasteiger partial charge in [-0.15, -0.1) is 0 Å². The molecule has 0 saturated heterocycles. The molecule has 3 N–H and O–H groups in total. The second-order valence-electron chi connectivity index (χ2n) is 3.53. The van der Waals surface area contributed by atoms with Gasteiger partial charge < -0.3 is 15.8 Å². The lowest BCUT2D eigenvalue weighted by Crippen LogP contribution is -2.05. The van der Waals surface area contributed by atoms with Crippen LogP contribution in [-0.2, 0) is 0 Å². The third kappa shape index (κ3) is 2.77. The molecule has 1 aromatic carbocycles. The Kier molecular flexibility index (Phi) is 3.30. The lowest BCUT2D eigenvalue weighted by atomic mass is 10.1. The van der Waals surface area contributed by atoms with Crippen LogP contribution in [0.15, 0.2) is 59.3 Å². The van der Waals surface area contributed by atoms with Crippen LogP contribution in [0.5, 0.6) is 5.75 Å². The predicted molar refractivity (Wildman–Crippen MR) is 70.6 cm³/mol. The minimum Gasteiger partial charge on any atom is -0.508 e. The first-order valence-corrected chi connectivity index (χ1v) is 5.44. The van der Waals surface area contributed by atoms with Gasteiger partial charge in [0.15, 0.2) is 0 Å². The number of allylic oxidation sites excluding steroid dienone is 5. The fourth-order valence-electron chi connectivity index (χ4n) is 1.41. The van der Waals surface area contributed by atoms with Crippen LogP contribution in [0, 0.1) is 5.41 Å². The molecule has 0 bridgehead atoms. The van der Waals surface area contributed by atoms with Gasteiger partial charge in [-0.05, 0) is 36.4 Å². The van der Waals surface area contributed by atoms with Crippen molar-refractivity contribution in [3.63, 3.8) is 0 Å². The minimum atomic E-state index is 0.201. The molecule has 0 saturated carbocycles. The van der Waals surface area contributed by atoms with E-state index < -0.39 is 0 Å². The van der Waals surface area contributed by atoms with Gasteiger partial charge in [0.25, 0.3) is 0 Å². The maximum Gasteiger partial charge on any atom is 0.116 e. The van der Waals surface area contributed by atoms with E-state index in [0.29, 0.717) is 16.4 Å². The molecule has 3 nitrogen and oxygen atoms in total. The van der Waals surface area contributed by atoms with Crippen molar-refractivity contribution < 1.29 is 5.11 Å². The van der Waals surface area contributed by atoms with E-state index in [2.05, 4.69) is 5.32 Å². The van der Waals surface area contributed by atoms with Crippen LogP contribution in [0.3, 0.4) is 0 Å². The van der Waals surface area contributed by atoms with E-state index in [1.807, 2.05) is 6.08 Å². The Labute approximate surface area is 104 Å². The summed E-state index contributed by atoms with van der Waals surface area (Å²) < 4.78 is 0. The highest BCUT2D eigenvalue weighted by molar-refractivity contribution is 6.34. The average molecular weight is 247 g/mol. The molecule has 0 fully saturated rings. The number of phenols is 1. The summed E-state index contributed by atoms with van der Waals surface area (Å²) in [4.78, 5) is 0. The number of halogens is 1. The van der Waals surface area contributed by atoms with Gasteiger partial charge in [-0.1, -0.05) is 23.8 Å². The maximum absolute atomic E-state index is 9.15. The average Bonchev–Trinajstić information content (AvgIpc) is 2.32. The van der Waals surface area contributed by atoms with Gasteiger partial charge in [0.2, 0.25) is 0 Å². The van der Waals surface area contributed by atoms with Gasteiger partial charge in [-0.3, -0.25) is 0 Å². The SMILES string of the molecule is N=C1C=CC=C/C1=C(\Cl)Nc1ccc(O)cc1. The molecule has 1 aromatic rings. The van der Waals surface area contributed by atoms with E-state index in [4.69, 9.17) is 22.1 Å². The molecule has 17 heavy (non-hydrogen) atoms. The van der Waals surface area contributed by atoms with E-state index in [1.54, 1.807) is 42.5 Å². The quantitative estimate of drug-likeness (QED) is 0.553. The van der Waals surface area contributed by atoms with Crippen LogP contribution in [0.25, 0.3) is 0 Å². The van der Waals surface area contributed by atoms with Crippen molar-refractivity contribution in [2.45, 2.75) is 0 Å². The molecule has 1 aliphatic carbocycles. The van der Waals surface area contributed by atoms with Gasteiger partial charge in [0, 0.05) is 11.3 Å². The summed E-state index contributed by atoms with van der Waals surface area (Å²) in [6, 6.07) is 6.56. The first-order chi connectivity index (χ1) is 8.16. The van der Waals surface area contributed by atoms with Crippen molar-refractivity contribution in [2.75, 3.05) is 5.32 Å². The summed E-state index contributed by atoms with van der Waals surface area (Å²) in [6.07, 6.45) is 7.07. The van der Waals surface area contributed by atoms with E-state index in [9.17, 15) is 0 Å². The third-order valence-corrected chi connectivity index (χ3v) is 2.58. The zero-order valence-electron chi connectivity index (χ0n) is 8.94. The summed E-state index contributed by atoms with van der Waals surface area (Å²) in [7, 11) is 0. The van der Waals surface area contributed by atoms with Crippen LogP contribution in [0.2, 0.25) is 0 Å². The largest absolute Gasteiger partial charge is 0.508 e. The molecule has 86 valence electrons. The molecule has 4 heteroatoms. The molecular weight excluding hydrogens is 236 g/mol. The highest BCUT2D eigenvalue weighted by Gasteiger charge is 2.08. The van der Waals surface area contributed by atoms with E-state index >= 15 is 0 Å². The lowest BCUT2D eigenvalue weighted by Gasteiger charge is -2.10. The Morgan fingerprint density at radius 2 is 1.76 bits per heavy atom. The number of phenolic OH excluding ortho intramolecular Hbond substituents is 1. The van der Waals surface area contributed by atoms with Crippen molar-refractivity contribution in [2.24, 2.45) is 0 Å². The number of hydrogen-bond donors (Lipinski definition) is 3. The smallest absolute Gasteiger partial charge is 0.116 e. The number of nitrogens with one attached hydrogen (secondary N) is 2.